The fraction of sp³-hybridized carbons (Fsp3) is 0.308. The molecule has 0 spiro atoms. The number of rotatable bonds is 12. The number of aromatic nitrogens is 1. The maximum absolute atomic E-state index is 13.6. The highest BCUT2D eigenvalue weighted by Crippen LogP contribution is 2.19. The molecule has 11 heteroatoms. The van der Waals surface area contributed by atoms with E-state index >= 15 is 0 Å². The van der Waals surface area contributed by atoms with Crippen LogP contribution in [-0.4, -0.2) is 49.3 Å². The van der Waals surface area contributed by atoms with Crippen LogP contribution >= 0.6 is 11.6 Å². The lowest BCUT2D eigenvalue weighted by molar-refractivity contribution is -0.140. The highest BCUT2D eigenvalue weighted by atomic mass is 35.5. The van der Waals surface area contributed by atoms with Gasteiger partial charge in [0, 0.05) is 24.5 Å². The Kier molecular flexibility index (Phi) is 10.6. The Morgan fingerprint density at radius 3 is 2.68 bits per heavy atom. The molecule has 196 valence electrons. The van der Waals surface area contributed by atoms with E-state index in [-0.39, 0.29) is 43.0 Å². The third kappa shape index (κ3) is 9.00. The Labute approximate surface area is 218 Å². The van der Waals surface area contributed by atoms with E-state index in [1.54, 1.807) is 18.3 Å². The topological polar surface area (TPSA) is 119 Å². The summed E-state index contributed by atoms with van der Waals surface area (Å²) in [6.45, 7) is -0.00964. The first-order valence-electron chi connectivity index (χ1n) is 11.6. The van der Waals surface area contributed by atoms with E-state index in [2.05, 4.69) is 25.7 Å². The van der Waals surface area contributed by atoms with E-state index in [1.165, 1.54) is 19.2 Å². The first kappa shape index (κ1) is 27.8. The predicted molar refractivity (Wildman–Crippen MR) is 138 cm³/mol. The lowest BCUT2D eigenvalue weighted by Crippen LogP contribution is -2.43. The average Bonchev–Trinajstić information content (AvgIpc) is 2.89. The number of anilines is 1. The largest absolute Gasteiger partial charge is 0.469 e. The minimum absolute atomic E-state index is 0.00332. The van der Waals surface area contributed by atoms with Crippen LogP contribution in [0.2, 0.25) is 5.02 Å². The molecular weight excluding hydrogens is 503 g/mol. The lowest BCUT2D eigenvalue weighted by atomic mass is 10.1. The molecule has 0 fully saturated rings. The standard InChI is InChI=1S/C26H28ClFN4O5/c1-36-24(34)11-5-9-20(31-23(33)15-29-13-19-8-4-10-21(28)25(19)27)16-37-26(35)32-22-12-17-6-2-3-7-18(17)14-30-22/h2-4,6-8,10,12,14,20,29H,5,9,11,13,15-16H2,1H3,(H,31,33)(H,30,32,35)/t20-/m0/s1. The highest BCUT2D eigenvalue weighted by molar-refractivity contribution is 6.31. The Balaban J connectivity index is 1.50. The van der Waals surface area contributed by atoms with Gasteiger partial charge in [0.1, 0.15) is 18.2 Å². The summed E-state index contributed by atoms with van der Waals surface area (Å²) >= 11 is 5.93. The van der Waals surface area contributed by atoms with Gasteiger partial charge in [-0.1, -0.05) is 48.0 Å². The minimum Gasteiger partial charge on any atom is -0.469 e. The molecule has 9 nitrogen and oxygen atoms in total. The van der Waals surface area contributed by atoms with Crippen LogP contribution in [0, 0.1) is 5.82 Å². The fourth-order valence-electron chi connectivity index (χ4n) is 3.54. The third-order valence-electron chi connectivity index (χ3n) is 5.44. The smallest absolute Gasteiger partial charge is 0.412 e. The molecule has 0 aliphatic carbocycles. The zero-order valence-corrected chi connectivity index (χ0v) is 21.0. The summed E-state index contributed by atoms with van der Waals surface area (Å²) < 4.78 is 23.5. The van der Waals surface area contributed by atoms with Crippen molar-refractivity contribution in [1.82, 2.24) is 15.6 Å². The van der Waals surface area contributed by atoms with Crippen LogP contribution in [0.15, 0.2) is 54.7 Å². The molecule has 0 aliphatic rings. The average molecular weight is 531 g/mol. The molecule has 0 radical (unpaired) electrons. The van der Waals surface area contributed by atoms with Crippen molar-refractivity contribution >= 4 is 46.2 Å². The van der Waals surface area contributed by atoms with Crippen molar-refractivity contribution in [2.75, 3.05) is 25.6 Å². The quantitative estimate of drug-likeness (QED) is 0.300. The first-order chi connectivity index (χ1) is 17.9. The number of benzene rings is 2. The van der Waals surface area contributed by atoms with E-state index in [4.69, 9.17) is 16.3 Å². The van der Waals surface area contributed by atoms with Gasteiger partial charge >= 0.3 is 12.1 Å². The lowest BCUT2D eigenvalue weighted by Gasteiger charge is -2.19. The van der Waals surface area contributed by atoms with Crippen molar-refractivity contribution in [2.24, 2.45) is 0 Å². The van der Waals surface area contributed by atoms with Crippen LogP contribution in [0.1, 0.15) is 24.8 Å². The molecule has 0 saturated carbocycles. The number of carbonyl (C=O) groups excluding carboxylic acids is 3. The summed E-state index contributed by atoms with van der Waals surface area (Å²) in [7, 11) is 1.30. The second-order valence-corrected chi connectivity index (χ2v) is 8.57. The van der Waals surface area contributed by atoms with E-state index in [1.807, 2.05) is 24.3 Å². The number of fused-ring (bicyclic) bond motifs is 1. The molecule has 0 bridgehead atoms. The number of hydrogen-bond donors (Lipinski definition) is 3. The van der Waals surface area contributed by atoms with Crippen molar-refractivity contribution in [3.8, 4) is 0 Å². The van der Waals surface area contributed by atoms with Gasteiger partial charge in [-0.25, -0.2) is 14.2 Å². The molecule has 0 aliphatic heterocycles. The third-order valence-corrected chi connectivity index (χ3v) is 5.86. The van der Waals surface area contributed by atoms with Gasteiger partial charge in [0.05, 0.1) is 24.7 Å². The SMILES string of the molecule is COC(=O)CCC[C@@H](COC(=O)Nc1cc2ccccc2cn1)NC(=O)CNCc1cccc(F)c1Cl. The Bertz CT molecular complexity index is 1240. The van der Waals surface area contributed by atoms with Crippen molar-refractivity contribution in [1.29, 1.82) is 0 Å². The summed E-state index contributed by atoms with van der Waals surface area (Å²) in [5.41, 5.74) is 0.520. The van der Waals surface area contributed by atoms with Crippen molar-refractivity contribution < 1.29 is 28.2 Å². The Morgan fingerprint density at radius 1 is 1.11 bits per heavy atom. The molecule has 1 aromatic heterocycles. The number of amides is 2. The number of carbonyl (C=O) groups is 3. The van der Waals surface area contributed by atoms with Crippen LogP contribution in [-0.2, 0) is 25.6 Å². The number of pyridine rings is 1. The number of methoxy groups -OCH3 is 1. The maximum atomic E-state index is 13.6. The number of ether oxygens (including phenoxy) is 2. The number of esters is 1. The number of hydrogen-bond acceptors (Lipinski definition) is 7. The van der Waals surface area contributed by atoms with Gasteiger partial charge in [-0.3, -0.25) is 14.9 Å². The van der Waals surface area contributed by atoms with Crippen molar-refractivity contribution in [3.63, 3.8) is 0 Å². The summed E-state index contributed by atoms with van der Waals surface area (Å²) in [6.07, 6.45) is 1.87. The zero-order valence-electron chi connectivity index (χ0n) is 20.3. The summed E-state index contributed by atoms with van der Waals surface area (Å²) in [4.78, 5) is 40.5. The van der Waals surface area contributed by atoms with Gasteiger partial charge in [-0.2, -0.15) is 0 Å². The molecule has 1 atom stereocenters. The second-order valence-electron chi connectivity index (χ2n) is 8.19. The normalized spacial score (nSPS) is 11.5. The predicted octanol–water partition coefficient (Wildman–Crippen LogP) is 4.19. The van der Waals surface area contributed by atoms with Gasteiger partial charge in [0.2, 0.25) is 5.91 Å². The highest BCUT2D eigenvalue weighted by Gasteiger charge is 2.17. The van der Waals surface area contributed by atoms with Gasteiger partial charge in [0.15, 0.2) is 0 Å². The van der Waals surface area contributed by atoms with E-state index in [0.29, 0.717) is 24.2 Å². The fourth-order valence-corrected chi connectivity index (χ4v) is 3.73. The summed E-state index contributed by atoms with van der Waals surface area (Å²) in [6, 6.07) is 13.2. The molecule has 2 amide bonds. The molecule has 2 aromatic carbocycles. The van der Waals surface area contributed by atoms with E-state index < -0.39 is 18.0 Å². The minimum atomic E-state index is -0.728. The van der Waals surface area contributed by atoms with Gasteiger partial charge in [-0.15, -0.1) is 0 Å². The molecule has 37 heavy (non-hydrogen) atoms. The molecule has 0 saturated heterocycles. The van der Waals surface area contributed by atoms with E-state index in [0.717, 1.165) is 10.8 Å². The number of halogens is 2. The van der Waals surface area contributed by atoms with Crippen LogP contribution in [0.3, 0.4) is 0 Å². The van der Waals surface area contributed by atoms with Gasteiger partial charge in [0.25, 0.3) is 0 Å². The zero-order chi connectivity index (χ0) is 26.6. The van der Waals surface area contributed by atoms with Gasteiger partial charge in [-0.05, 0) is 35.9 Å². The first-order valence-corrected chi connectivity index (χ1v) is 12.0. The van der Waals surface area contributed by atoms with Gasteiger partial charge < -0.3 is 20.1 Å². The van der Waals surface area contributed by atoms with Crippen LogP contribution in [0.4, 0.5) is 15.0 Å². The second kappa shape index (κ2) is 14.1. The molecular formula is C26H28ClFN4O5. The Hall–Kier alpha value is -3.76. The molecule has 3 N–H and O–H groups in total. The molecule has 3 aromatic rings. The maximum Gasteiger partial charge on any atom is 0.412 e. The molecule has 0 unspecified atom stereocenters. The van der Waals surface area contributed by atoms with E-state index in [9.17, 15) is 18.8 Å². The van der Waals surface area contributed by atoms with Crippen LogP contribution < -0.4 is 16.0 Å². The number of nitrogens with one attached hydrogen (secondary N) is 3. The molecule has 3 rings (SSSR count). The Morgan fingerprint density at radius 2 is 1.89 bits per heavy atom. The van der Waals surface area contributed by atoms with Crippen LogP contribution in [0.5, 0.6) is 0 Å². The monoisotopic (exact) mass is 530 g/mol. The van der Waals surface area contributed by atoms with Crippen molar-refractivity contribution in [3.05, 3.63) is 71.1 Å². The molecule has 1 heterocycles. The number of nitrogens with zero attached hydrogens (tertiary/aromatic N) is 1. The van der Waals surface area contributed by atoms with Crippen LogP contribution in [0.25, 0.3) is 10.8 Å². The van der Waals surface area contributed by atoms with Crippen molar-refractivity contribution in [2.45, 2.75) is 31.8 Å². The summed E-state index contributed by atoms with van der Waals surface area (Å²) in [5, 5.41) is 10.1. The summed E-state index contributed by atoms with van der Waals surface area (Å²) in [5.74, 6) is -0.948.